The minimum atomic E-state index is -0.769. The van der Waals surface area contributed by atoms with Crippen LogP contribution in [0.1, 0.15) is 29.8 Å². The van der Waals surface area contributed by atoms with Crippen molar-refractivity contribution in [1.29, 1.82) is 0 Å². The largest absolute Gasteiger partial charge is 0.497 e. The van der Waals surface area contributed by atoms with Gasteiger partial charge in [-0.05, 0) is 24.3 Å². The molecule has 0 fully saturated rings. The van der Waals surface area contributed by atoms with Gasteiger partial charge in [0.2, 0.25) is 0 Å². The molecule has 2 aromatic carbocycles. The zero-order chi connectivity index (χ0) is 15.0. The van der Waals surface area contributed by atoms with E-state index in [1.165, 1.54) is 19.2 Å². The molecule has 3 nitrogen and oxygen atoms in total. The maximum Gasteiger partial charge on any atom is 0.133 e. The second-order valence-electron chi connectivity index (χ2n) is 4.93. The Bertz CT molecular complexity index is 673. The molecule has 0 amide bonds. The fraction of sp³-hybridized carbons (Fsp3) is 0.250. The molecule has 21 heavy (non-hydrogen) atoms. The Hall–Kier alpha value is -2.14. The van der Waals surface area contributed by atoms with Crippen molar-refractivity contribution < 1.29 is 23.4 Å². The zero-order valence-corrected chi connectivity index (χ0v) is 11.3. The smallest absolute Gasteiger partial charge is 0.133 e. The predicted molar refractivity (Wildman–Crippen MR) is 72.3 cm³/mol. The van der Waals surface area contributed by atoms with Gasteiger partial charge in [-0.2, -0.15) is 0 Å². The molecule has 0 aromatic heterocycles. The third kappa shape index (κ3) is 2.56. The summed E-state index contributed by atoms with van der Waals surface area (Å²) in [6.07, 6.45) is -1.23. The van der Waals surface area contributed by atoms with Crippen LogP contribution in [-0.2, 0) is 0 Å². The van der Waals surface area contributed by atoms with E-state index in [0.29, 0.717) is 17.1 Å². The van der Waals surface area contributed by atoms with Crippen LogP contribution in [0.15, 0.2) is 36.4 Å². The van der Waals surface area contributed by atoms with Crippen molar-refractivity contribution in [1.82, 2.24) is 0 Å². The molecule has 2 unspecified atom stereocenters. The molecule has 0 aliphatic carbocycles. The Morgan fingerprint density at radius 2 is 1.90 bits per heavy atom. The predicted octanol–water partition coefficient (Wildman–Crippen LogP) is 3.53. The molecule has 3 rings (SSSR count). The number of aliphatic hydroxyl groups is 1. The van der Waals surface area contributed by atoms with Gasteiger partial charge in [0.05, 0.1) is 13.2 Å². The van der Waals surface area contributed by atoms with Gasteiger partial charge in [-0.25, -0.2) is 8.78 Å². The number of methoxy groups -OCH3 is 1. The minimum Gasteiger partial charge on any atom is -0.497 e. The molecule has 1 N–H and O–H groups in total. The average molecular weight is 292 g/mol. The van der Waals surface area contributed by atoms with E-state index in [1.54, 1.807) is 18.2 Å². The lowest BCUT2D eigenvalue weighted by Crippen LogP contribution is -2.20. The van der Waals surface area contributed by atoms with Gasteiger partial charge >= 0.3 is 0 Å². The van der Waals surface area contributed by atoms with E-state index in [1.807, 2.05) is 0 Å². The maximum atomic E-state index is 13.9. The van der Waals surface area contributed by atoms with Crippen LogP contribution in [0.5, 0.6) is 11.5 Å². The van der Waals surface area contributed by atoms with Crippen LogP contribution in [0, 0.1) is 11.6 Å². The summed E-state index contributed by atoms with van der Waals surface area (Å²) in [5.41, 5.74) is 0.860. The standard InChI is InChI=1S/C16H14F2O3/c1-20-10-3-5-12-14(19)8-16(21-15(12)7-10)11-4-2-9(17)6-13(11)18/h2-7,14,16,19H,8H2,1H3. The lowest BCUT2D eigenvalue weighted by Gasteiger charge is -2.30. The fourth-order valence-corrected chi connectivity index (χ4v) is 2.50. The average Bonchev–Trinajstić information content (AvgIpc) is 2.46. The number of fused-ring (bicyclic) bond motifs is 1. The molecule has 2 atom stereocenters. The summed E-state index contributed by atoms with van der Waals surface area (Å²) in [6.45, 7) is 0. The summed E-state index contributed by atoms with van der Waals surface area (Å²) in [5.74, 6) is -0.295. The molecule has 0 saturated carbocycles. The van der Waals surface area contributed by atoms with E-state index in [2.05, 4.69) is 0 Å². The van der Waals surface area contributed by atoms with Gasteiger partial charge in [0.15, 0.2) is 0 Å². The highest BCUT2D eigenvalue weighted by molar-refractivity contribution is 5.44. The Labute approximate surface area is 120 Å². The minimum absolute atomic E-state index is 0.210. The van der Waals surface area contributed by atoms with Crippen molar-refractivity contribution in [2.75, 3.05) is 7.11 Å². The van der Waals surface area contributed by atoms with Crippen molar-refractivity contribution >= 4 is 0 Å². The van der Waals surface area contributed by atoms with Gasteiger partial charge < -0.3 is 14.6 Å². The van der Waals surface area contributed by atoms with Gasteiger partial charge in [-0.1, -0.05) is 0 Å². The van der Waals surface area contributed by atoms with Crippen LogP contribution < -0.4 is 9.47 Å². The fourth-order valence-electron chi connectivity index (χ4n) is 2.50. The number of rotatable bonds is 2. The van der Waals surface area contributed by atoms with Crippen molar-refractivity contribution in [3.8, 4) is 11.5 Å². The number of benzene rings is 2. The third-order valence-corrected chi connectivity index (χ3v) is 3.60. The molecule has 0 bridgehead atoms. The monoisotopic (exact) mass is 292 g/mol. The molecular formula is C16H14F2O3. The van der Waals surface area contributed by atoms with Crippen LogP contribution in [0.4, 0.5) is 8.78 Å². The summed E-state index contributed by atoms with van der Waals surface area (Å²) >= 11 is 0. The molecule has 5 heteroatoms. The Balaban J connectivity index is 1.96. The van der Waals surface area contributed by atoms with Crippen molar-refractivity contribution in [3.63, 3.8) is 0 Å². The summed E-state index contributed by atoms with van der Waals surface area (Å²) in [6, 6.07) is 8.42. The second-order valence-corrected chi connectivity index (χ2v) is 4.93. The third-order valence-electron chi connectivity index (χ3n) is 3.60. The number of hydrogen-bond acceptors (Lipinski definition) is 3. The first-order valence-electron chi connectivity index (χ1n) is 6.56. The highest BCUT2D eigenvalue weighted by atomic mass is 19.1. The first-order valence-corrected chi connectivity index (χ1v) is 6.56. The topological polar surface area (TPSA) is 38.7 Å². The Morgan fingerprint density at radius 1 is 1.14 bits per heavy atom. The molecule has 0 spiro atoms. The van der Waals surface area contributed by atoms with Crippen LogP contribution in [0.25, 0.3) is 0 Å². The van der Waals surface area contributed by atoms with E-state index in [-0.39, 0.29) is 12.0 Å². The first kappa shape index (κ1) is 13.8. The molecular weight excluding hydrogens is 278 g/mol. The molecule has 0 saturated heterocycles. The van der Waals surface area contributed by atoms with Gasteiger partial charge in [-0.15, -0.1) is 0 Å². The van der Waals surface area contributed by atoms with E-state index in [4.69, 9.17) is 9.47 Å². The van der Waals surface area contributed by atoms with Gasteiger partial charge in [-0.3, -0.25) is 0 Å². The Kier molecular flexibility index (Phi) is 3.51. The van der Waals surface area contributed by atoms with E-state index >= 15 is 0 Å². The zero-order valence-electron chi connectivity index (χ0n) is 11.3. The number of ether oxygens (including phenoxy) is 2. The van der Waals surface area contributed by atoms with Crippen LogP contribution in [0.2, 0.25) is 0 Å². The van der Waals surface area contributed by atoms with Crippen LogP contribution in [-0.4, -0.2) is 12.2 Å². The summed E-state index contributed by atoms with van der Waals surface area (Å²) < 4.78 is 37.7. The molecule has 2 aromatic rings. The molecule has 1 aliphatic rings. The van der Waals surface area contributed by atoms with Gasteiger partial charge in [0, 0.05) is 29.7 Å². The number of hydrogen-bond donors (Lipinski definition) is 1. The maximum absolute atomic E-state index is 13.9. The van der Waals surface area contributed by atoms with Crippen molar-refractivity contribution in [2.45, 2.75) is 18.6 Å². The Morgan fingerprint density at radius 3 is 2.62 bits per heavy atom. The van der Waals surface area contributed by atoms with Gasteiger partial charge in [0.25, 0.3) is 0 Å². The summed E-state index contributed by atoms with van der Waals surface area (Å²) in [4.78, 5) is 0. The summed E-state index contributed by atoms with van der Waals surface area (Å²) in [5, 5.41) is 10.2. The van der Waals surface area contributed by atoms with E-state index < -0.39 is 23.8 Å². The number of halogens is 2. The lowest BCUT2D eigenvalue weighted by molar-refractivity contribution is 0.0637. The normalized spacial score (nSPS) is 20.6. The highest BCUT2D eigenvalue weighted by Crippen LogP contribution is 2.42. The summed E-state index contributed by atoms with van der Waals surface area (Å²) in [7, 11) is 1.53. The molecule has 1 aliphatic heterocycles. The molecule has 1 heterocycles. The van der Waals surface area contributed by atoms with E-state index in [9.17, 15) is 13.9 Å². The molecule has 110 valence electrons. The van der Waals surface area contributed by atoms with Crippen molar-refractivity contribution in [3.05, 3.63) is 59.2 Å². The highest BCUT2D eigenvalue weighted by Gasteiger charge is 2.30. The molecule has 0 radical (unpaired) electrons. The van der Waals surface area contributed by atoms with Crippen LogP contribution in [0.3, 0.4) is 0 Å². The van der Waals surface area contributed by atoms with Crippen LogP contribution >= 0.6 is 0 Å². The SMILES string of the molecule is COc1ccc2c(c1)OC(c1ccc(F)cc1F)CC2O. The van der Waals surface area contributed by atoms with Gasteiger partial charge in [0.1, 0.15) is 29.2 Å². The van der Waals surface area contributed by atoms with Crippen molar-refractivity contribution in [2.24, 2.45) is 0 Å². The van der Waals surface area contributed by atoms with E-state index in [0.717, 1.165) is 6.07 Å². The first-order chi connectivity index (χ1) is 10.1. The lowest BCUT2D eigenvalue weighted by atomic mass is 9.94. The second kappa shape index (κ2) is 5.33. The quantitative estimate of drug-likeness (QED) is 0.920. The number of aliphatic hydroxyl groups excluding tert-OH is 1.